The fourth-order valence-corrected chi connectivity index (χ4v) is 2.43. The van der Waals surface area contributed by atoms with Gasteiger partial charge >= 0.3 is 0 Å². The summed E-state index contributed by atoms with van der Waals surface area (Å²) in [6.07, 6.45) is 6.71. The third-order valence-corrected chi connectivity index (χ3v) is 3.65. The molecular formula is C17H27N3. The van der Waals surface area contributed by atoms with Crippen molar-refractivity contribution in [1.29, 1.82) is 0 Å². The van der Waals surface area contributed by atoms with Crippen molar-refractivity contribution in [1.82, 2.24) is 10.3 Å². The fraction of sp³-hybridized carbons (Fsp3) is 0.588. The van der Waals surface area contributed by atoms with Crippen LogP contribution in [0.3, 0.4) is 0 Å². The lowest BCUT2D eigenvalue weighted by Crippen LogP contribution is -2.27. The van der Waals surface area contributed by atoms with Crippen LogP contribution in [-0.4, -0.2) is 24.1 Å². The lowest BCUT2D eigenvalue weighted by atomic mass is 10.2. The van der Waals surface area contributed by atoms with Gasteiger partial charge in [0.1, 0.15) is 5.82 Å². The molecule has 3 nitrogen and oxygen atoms in total. The van der Waals surface area contributed by atoms with E-state index in [1.54, 1.807) is 0 Å². The minimum Gasteiger partial charge on any atom is -0.350 e. The molecule has 3 heteroatoms. The Balaban J connectivity index is 2.17. The van der Waals surface area contributed by atoms with E-state index in [-0.39, 0.29) is 0 Å². The minimum absolute atomic E-state index is 0.670. The van der Waals surface area contributed by atoms with Gasteiger partial charge in [-0.25, -0.2) is 4.98 Å². The van der Waals surface area contributed by atoms with Crippen LogP contribution in [0, 0.1) is 0 Å². The molecule has 0 unspecified atom stereocenters. The Morgan fingerprint density at radius 2 is 2.20 bits per heavy atom. The van der Waals surface area contributed by atoms with Gasteiger partial charge in [0, 0.05) is 24.8 Å². The van der Waals surface area contributed by atoms with Crippen LogP contribution < -0.4 is 10.2 Å². The number of nitrogens with one attached hydrogen (secondary N) is 1. The number of anilines is 1. The number of hydrogen-bond donors (Lipinski definition) is 1. The van der Waals surface area contributed by atoms with E-state index < -0.39 is 0 Å². The first-order chi connectivity index (χ1) is 9.78. The van der Waals surface area contributed by atoms with Crippen molar-refractivity contribution >= 4 is 5.82 Å². The summed E-state index contributed by atoms with van der Waals surface area (Å²) in [7, 11) is 0. The first-order valence-electron chi connectivity index (χ1n) is 7.86. The zero-order valence-corrected chi connectivity index (χ0v) is 12.9. The zero-order valence-electron chi connectivity index (χ0n) is 12.9. The van der Waals surface area contributed by atoms with Crippen molar-refractivity contribution < 1.29 is 0 Å². The molecule has 110 valence electrons. The third kappa shape index (κ3) is 4.07. The second-order valence-electron chi connectivity index (χ2n) is 5.53. The van der Waals surface area contributed by atoms with E-state index in [4.69, 9.17) is 4.98 Å². The summed E-state index contributed by atoms with van der Waals surface area (Å²) in [6, 6.07) is 5.14. The van der Waals surface area contributed by atoms with Gasteiger partial charge in [-0.2, -0.15) is 0 Å². The second-order valence-corrected chi connectivity index (χ2v) is 5.53. The van der Waals surface area contributed by atoms with Crippen LogP contribution in [0.1, 0.15) is 44.4 Å². The lowest BCUT2D eigenvalue weighted by Gasteiger charge is -2.23. The summed E-state index contributed by atoms with van der Waals surface area (Å²) < 4.78 is 0. The first kappa shape index (κ1) is 15.0. The Labute approximate surface area is 123 Å². The van der Waals surface area contributed by atoms with Gasteiger partial charge < -0.3 is 10.2 Å². The average Bonchev–Trinajstić information content (AvgIpc) is 3.29. The monoisotopic (exact) mass is 273 g/mol. The number of rotatable bonds is 9. The van der Waals surface area contributed by atoms with Crippen LogP contribution in [0.4, 0.5) is 5.82 Å². The molecule has 0 amide bonds. The SMILES string of the molecule is C=CCN(c1cc(CNCCC)cc(CC)n1)C1CC1. The highest BCUT2D eigenvalue weighted by Gasteiger charge is 2.29. The van der Waals surface area contributed by atoms with Gasteiger partial charge in [0.15, 0.2) is 0 Å². The van der Waals surface area contributed by atoms with E-state index in [9.17, 15) is 0 Å². The number of hydrogen-bond acceptors (Lipinski definition) is 3. The Morgan fingerprint density at radius 1 is 1.40 bits per heavy atom. The standard InChI is InChI=1S/C17H27N3/c1-4-9-18-13-14-11-15(6-3)19-17(12-14)20(10-5-2)16-7-8-16/h5,11-12,16,18H,2,4,6-10,13H2,1,3H3. The number of aryl methyl sites for hydroxylation is 1. The normalized spacial score (nSPS) is 14.3. The Bertz CT molecular complexity index is 438. The maximum atomic E-state index is 4.81. The van der Waals surface area contributed by atoms with Gasteiger partial charge in [-0.15, -0.1) is 6.58 Å². The molecule has 1 saturated carbocycles. The third-order valence-electron chi connectivity index (χ3n) is 3.65. The van der Waals surface area contributed by atoms with Crippen molar-refractivity contribution in [2.75, 3.05) is 18.0 Å². The van der Waals surface area contributed by atoms with Crippen molar-refractivity contribution in [3.05, 3.63) is 36.0 Å². The summed E-state index contributed by atoms with van der Waals surface area (Å²) in [6.45, 7) is 11.1. The van der Waals surface area contributed by atoms with Gasteiger partial charge in [-0.05, 0) is 49.9 Å². The zero-order chi connectivity index (χ0) is 14.4. The Kier molecular flexibility index (Phi) is 5.60. The highest BCUT2D eigenvalue weighted by atomic mass is 15.2. The van der Waals surface area contributed by atoms with E-state index in [0.717, 1.165) is 31.9 Å². The molecule has 1 aromatic heterocycles. The molecule has 0 aromatic carbocycles. The first-order valence-corrected chi connectivity index (χ1v) is 7.86. The van der Waals surface area contributed by atoms with E-state index in [1.807, 2.05) is 6.08 Å². The van der Waals surface area contributed by atoms with Crippen LogP contribution in [0.2, 0.25) is 0 Å². The highest BCUT2D eigenvalue weighted by Crippen LogP contribution is 2.31. The van der Waals surface area contributed by atoms with Crippen molar-refractivity contribution in [3.63, 3.8) is 0 Å². The molecular weight excluding hydrogens is 246 g/mol. The fourth-order valence-electron chi connectivity index (χ4n) is 2.43. The summed E-state index contributed by atoms with van der Waals surface area (Å²) >= 11 is 0. The molecule has 0 saturated heterocycles. The van der Waals surface area contributed by atoms with Gasteiger partial charge in [0.25, 0.3) is 0 Å². The molecule has 1 fully saturated rings. The van der Waals surface area contributed by atoms with E-state index in [1.165, 1.54) is 30.5 Å². The quantitative estimate of drug-likeness (QED) is 0.553. The van der Waals surface area contributed by atoms with E-state index >= 15 is 0 Å². The molecule has 20 heavy (non-hydrogen) atoms. The average molecular weight is 273 g/mol. The predicted molar refractivity (Wildman–Crippen MR) is 86.2 cm³/mol. The van der Waals surface area contributed by atoms with E-state index in [2.05, 4.69) is 42.8 Å². The second kappa shape index (κ2) is 7.44. The molecule has 2 rings (SSSR count). The van der Waals surface area contributed by atoms with Crippen molar-refractivity contribution in [2.45, 2.75) is 52.1 Å². The van der Waals surface area contributed by atoms with Crippen LogP contribution in [0.5, 0.6) is 0 Å². The molecule has 0 radical (unpaired) electrons. The van der Waals surface area contributed by atoms with Crippen LogP contribution >= 0.6 is 0 Å². The van der Waals surface area contributed by atoms with Gasteiger partial charge in [-0.3, -0.25) is 0 Å². The molecule has 1 heterocycles. The molecule has 0 aliphatic heterocycles. The highest BCUT2D eigenvalue weighted by molar-refractivity contribution is 5.46. The van der Waals surface area contributed by atoms with Gasteiger partial charge in [0.2, 0.25) is 0 Å². The molecule has 0 atom stereocenters. The van der Waals surface area contributed by atoms with Gasteiger partial charge in [0.05, 0.1) is 0 Å². The molecule has 0 bridgehead atoms. The van der Waals surface area contributed by atoms with Crippen LogP contribution in [0.15, 0.2) is 24.8 Å². The lowest BCUT2D eigenvalue weighted by molar-refractivity contribution is 0.673. The smallest absolute Gasteiger partial charge is 0.129 e. The Morgan fingerprint density at radius 3 is 2.80 bits per heavy atom. The largest absolute Gasteiger partial charge is 0.350 e. The van der Waals surface area contributed by atoms with Crippen molar-refractivity contribution in [2.24, 2.45) is 0 Å². The van der Waals surface area contributed by atoms with Crippen LogP contribution in [0.25, 0.3) is 0 Å². The summed E-state index contributed by atoms with van der Waals surface area (Å²) in [4.78, 5) is 7.21. The van der Waals surface area contributed by atoms with Gasteiger partial charge in [-0.1, -0.05) is 19.9 Å². The summed E-state index contributed by atoms with van der Waals surface area (Å²) in [5.41, 5.74) is 2.53. The minimum atomic E-state index is 0.670. The molecule has 1 aliphatic rings. The summed E-state index contributed by atoms with van der Waals surface area (Å²) in [5.74, 6) is 1.13. The maximum Gasteiger partial charge on any atom is 0.129 e. The van der Waals surface area contributed by atoms with Crippen molar-refractivity contribution in [3.8, 4) is 0 Å². The van der Waals surface area contributed by atoms with E-state index in [0.29, 0.717) is 6.04 Å². The predicted octanol–water partition coefficient (Wildman–Crippen LogP) is 3.30. The molecule has 1 aliphatic carbocycles. The number of aromatic nitrogens is 1. The van der Waals surface area contributed by atoms with Crippen LogP contribution in [-0.2, 0) is 13.0 Å². The number of pyridine rings is 1. The summed E-state index contributed by atoms with van der Waals surface area (Å²) in [5, 5.41) is 3.48. The number of nitrogens with zero attached hydrogens (tertiary/aromatic N) is 2. The molecule has 0 spiro atoms. The maximum absolute atomic E-state index is 4.81. The molecule has 1 aromatic rings. The Hall–Kier alpha value is -1.35. The topological polar surface area (TPSA) is 28.2 Å². The molecule has 1 N–H and O–H groups in total.